The zero-order valence-electron chi connectivity index (χ0n) is 9.48. The number of fused-ring (bicyclic) bond motifs is 1. The summed E-state index contributed by atoms with van der Waals surface area (Å²) in [5.41, 5.74) is 2.15. The van der Waals surface area contributed by atoms with Gasteiger partial charge in [0.05, 0.1) is 5.02 Å². The van der Waals surface area contributed by atoms with E-state index in [1.54, 1.807) is 12.4 Å². The van der Waals surface area contributed by atoms with Crippen molar-refractivity contribution in [3.8, 4) is 0 Å². The minimum Gasteiger partial charge on any atom is -0.343 e. The van der Waals surface area contributed by atoms with Crippen molar-refractivity contribution >= 4 is 34.1 Å². The van der Waals surface area contributed by atoms with Gasteiger partial charge < -0.3 is 4.57 Å². The van der Waals surface area contributed by atoms with Crippen molar-refractivity contribution in [3.05, 3.63) is 64.5 Å². The van der Waals surface area contributed by atoms with Crippen LogP contribution in [0.4, 0.5) is 0 Å². The molecule has 0 unspecified atom stereocenters. The summed E-state index contributed by atoms with van der Waals surface area (Å²) in [6.07, 6.45) is 5.43. The highest BCUT2D eigenvalue weighted by molar-refractivity contribution is 6.35. The third-order valence-corrected chi connectivity index (χ3v) is 3.63. The Morgan fingerprint density at radius 1 is 1.06 bits per heavy atom. The first kappa shape index (κ1) is 11.6. The summed E-state index contributed by atoms with van der Waals surface area (Å²) in [6, 6.07) is 9.85. The van der Waals surface area contributed by atoms with Gasteiger partial charge in [-0.2, -0.15) is 0 Å². The lowest BCUT2D eigenvalue weighted by Gasteiger charge is -2.07. The Bertz CT molecular complexity index is 704. The first-order valence-corrected chi connectivity index (χ1v) is 6.33. The highest BCUT2D eigenvalue weighted by Crippen LogP contribution is 2.25. The molecule has 2 heterocycles. The predicted octanol–water partition coefficient (Wildman–Crippen LogP) is 4.39. The normalized spacial score (nSPS) is 11.0. The maximum atomic E-state index is 6.16. The molecule has 2 nitrogen and oxygen atoms in total. The van der Waals surface area contributed by atoms with E-state index in [0.717, 1.165) is 21.5 Å². The monoisotopic (exact) mass is 276 g/mol. The summed E-state index contributed by atoms with van der Waals surface area (Å²) in [5, 5.41) is 2.51. The van der Waals surface area contributed by atoms with E-state index in [-0.39, 0.29) is 0 Å². The zero-order valence-corrected chi connectivity index (χ0v) is 11.0. The number of rotatable bonds is 2. The Hall–Kier alpha value is -1.51. The fourth-order valence-electron chi connectivity index (χ4n) is 2.04. The van der Waals surface area contributed by atoms with E-state index < -0.39 is 0 Å². The molecule has 0 N–H and O–H groups in total. The van der Waals surface area contributed by atoms with Gasteiger partial charge in [-0.3, -0.25) is 4.98 Å². The van der Waals surface area contributed by atoms with Crippen molar-refractivity contribution in [2.45, 2.75) is 6.54 Å². The van der Waals surface area contributed by atoms with E-state index in [0.29, 0.717) is 11.6 Å². The van der Waals surface area contributed by atoms with E-state index in [4.69, 9.17) is 23.2 Å². The van der Waals surface area contributed by atoms with E-state index in [1.807, 2.05) is 30.5 Å². The minimum atomic E-state index is 0.682. The highest BCUT2D eigenvalue weighted by atomic mass is 35.5. The third kappa shape index (κ3) is 1.98. The lowest BCUT2D eigenvalue weighted by molar-refractivity contribution is 0.835. The van der Waals surface area contributed by atoms with Gasteiger partial charge in [-0.05, 0) is 29.8 Å². The van der Waals surface area contributed by atoms with Crippen LogP contribution in [0.3, 0.4) is 0 Å². The quantitative estimate of drug-likeness (QED) is 0.679. The first-order chi connectivity index (χ1) is 8.75. The van der Waals surface area contributed by atoms with Crippen molar-refractivity contribution in [2.24, 2.45) is 0 Å². The van der Waals surface area contributed by atoms with Crippen LogP contribution in [0, 0.1) is 0 Å². The molecule has 4 heteroatoms. The van der Waals surface area contributed by atoms with Crippen molar-refractivity contribution in [1.82, 2.24) is 9.55 Å². The van der Waals surface area contributed by atoms with Gasteiger partial charge in [0.1, 0.15) is 0 Å². The van der Waals surface area contributed by atoms with Crippen LogP contribution in [0.2, 0.25) is 10.0 Å². The van der Waals surface area contributed by atoms with Crippen LogP contribution in [0.5, 0.6) is 0 Å². The summed E-state index contributed by atoms with van der Waals surface area (Å²) in [7, 11) is 0. The summed E-state index contributed by atoms with van der Waals surface area (Å²) < 4.78 is 2.13. The Morgan fingerprint density at radius 2 is 1.94 bits per heavy atom. The highest BCUT2D eigenvalue weighted by Gasteiger charge is 2.06. The van der Waals surface area contributed by atoms with Gasteiger partial charge in [0.15, 0.2) is 0 Å². The number of halogens is 2. The number of pyridine rings is 1. The summed E-state index contributed by atoms with van der Waals surface area (Å²) in [4.78, 5) is 3.99. The Labute approximate surface area is 115 Å². The molecule has 3 rings (SSSR count). The van der Waals surface area contributed by atoms with Gasteiger partial charge in [-0.25, -0.2) is 0 Å². The molecule has 0 aliphatic rings. The van der Waals surface area contributed by atoms with Gasteiger partial charge >= 0.3 is 0 Å². The fourth-order valence-corrected chi connectivity index (χ4v) is 2.45. The molecule has 0 radical (unpaired) electrons. The third-order valence-electron chi connectivity index (χ3n) is 2.96. The maximum absolute atomic E-state index is 6.16. The molecule has 2 aromatic heterocycles. The summed E-state index contributed by atoms with van der Waals surface area (Å²) in [6.45, 7) is 0.713. The second-order valence-corrected chi connectivity index (χ2v) is 4.90. The lowest BCUT2D eigenvalue weighted by atomic mass is 10.2. The van der Waals surface area contributed by atoms with Gasteiger partial charge in [-0.1, -0.05) is 29.3 Å². The molecule has 0 fully saturated rings. The standard InChI is InChI=1S/C14H10Cl2N2/c15-12-2-1-3-14-11(12)5-7-18(14)9-10-4-6-17-8-13(10)16/h1-8H,9H2. The van der Waals surface area contributed by atoms with Crippen molar-refractivity contribution < 1.29 is 0 Å². The first-order valence-electron chi connectivity index (χ1n) is 5.57. The molecule has 0 aliphatic heterocycles. The van der Waals surface area contributed by atoms with Crippen LogP contribution in [0.1, 0.15) is 5.56 Å². The smallest absolute Gasteiger partial charge is 0.0639 e. The number of nitrogens with zero attached hydrogens (tertiary/aromatic N) is 2. The fraction of sp³-hybridized carbons (Fsp3) is 0.0714. The van der Waals surface area contributed by atoms with E-state index in [9.17, 15) is 0 Å². The van der Waals surface area contributed by atoms with Crippen LogP contribution in [-0.2, 0) is 6.54 Å². The number of hydrogen-bond acceptors (Lipinski definition) is 1. The van der Waals surface area contributed by atoms with Crippen LogP contribution in [0.25, 0.3) is 10.9 Å². The summed E-state index contributed by atoms with van der Waals surface area (Å²) >= 11 is 12.3. The number of aromatic nitrogens is 2. The van der Waals surface area contributed by atoms with Crippen molar-refractivity contribution in [1.29, 1.82) is 0 Å². The van der Waals surface area contributed by atoms with Gasteiger partial charge in [0, 0.05) is 41.1 Å². The molecule has 90 valence electrons. The summed E-state index contributed by atoms with van der Waals surface area (Å²) in [5.74, 6) is 0. The Morgan fingerprint density at radius 3 is 2.78 bits per heavy atom. The Kier molecular flexibility index (Phi) is 2.98. The van der Waals surface area contributed by atoms with E-state index in [1.165, 1.54) is 0 Å². The maximum Gasteiger partial charge on any atom is 0.0639 e. The molecule has 18 heavy (non-hydrogen) atoms. The zero-order chi connectivity index (χ0) is 12.5. The molecule has 3 aromatic rings. The van der Waals surface area contributed by atoms with Gasteiger partial charge in [0.25, 0.3) is 0 Å². The topological polar surface area (TPSA) is 17.8 Å². The molecule has 0 saturated carbocycles. The van der Waals surface area contributed by atoms with Crippen LogP contribution in [-0.4, -0.2) is 9.55 Å². The van der Waals surface area contributed by atoms with Crippen molar-refractivity contribution in [2.75, 3.05) is 0 Å². The SMILES string of the molecule is Clc1cnccc1Cn1ccc2c(Cl)cccc21. The molecule has 0 saturated heterocycles. The van der Waals surface area contributed by atoms with Gasteiger partial charge in [0.2, 0.25) is 0 Å². The molecule has 0 atom stereocenters. The van der Waals surface area contributed by atoms with E-state index in [2.05, 4.69) is 15.6 Å². The van der Waals surface area contributed by atoms with E-state index >= 15 is 0 Å². The molecule has 0 bridgehead atoms. The Balaban J connectivity index is 2.06. The lowest BCUT2D eigenvalue weighted by Crippen LogP contribution is -1.98. The minimum absolute atomic E-state index is 0.682. The average molecular weight is 277 g/mol. The largest absolute Gasteiger partial charge is 0.343 e. The van der Waals surface area contributed by atoms with Crippen molar-refractivity contribution in [3.63, 3.8) is 0 Å². The second kappa shape index (κ2) is 4.63. The molecule has 1 aromatic carbocycles. The molecule has 0 aliphatic carbocycles. The number of benzene rings is 1. The number of hydrogen-bond donors (Lipinski definition) is 0. The average Bonchev–Trinajstić information content (AvgIpc) is 2.77. The molecular weight excluding hydrogens is 267 g/mol. The second-order valence-electron chi connectivity index (χ2n) is 4.08. The van der Waals surface area contributed by atoms with Gasteiger partial charge in [-0.15, -0.1) is 0 Å². The van der Waals surface area contributed by atoms with Crippen LogP contribution >= 0.6 is 23.2 Å². The molecule has 0 amide bonds. The molecule has 0 spiro atoms. The van der Waals surface area contributed by atoms with Crippen LogP contribution < -0.4 is 0 Å². The predicted molar refractivity (Wildman–Crippen MR) is 75.3 cm³/mol. The molecular formula is C14H10Cl2N2. The van der Waals surface area contributed by atoms with Crippen LogP contribution in [0.15, 0.2) is 48.9 Å².